The standard InChI is InChI=1S/C19H25N3O3/c20-9-14-1-2-19(21-10-14)24-8-3-15-13-25-18-12-22(11-17(15)18)16-4-6-23-7-5-16/h1-2,10,15-18H,3-8,11-13H2/t15-,17-,18-/m1/s1. The van der Waals surface area contributed by atoms with Gasteiger partial charge >= 0.3 is 0 Å². The fraction of sp³-hybridized carbons (Fsp3) is 0.684. The zero-order chi connectivity index (χ0) is 17.1. The molecule has 25 heavy (non-hydrogen) atoms. The van der Waals surface area contributed by atoms with Crippen LogP contribution in [0.1, 0.15) is 24.8 Å². The summed E-state index contributed by atoms with van der Waals surface area (Å²) in [5.74, 6) is 1.78. The van der Waals surface area contributed by atoms with Crippen LogP contribution in [0.5, 0.6) is 5.88 Å². The van der Waals surface area contributed by atoms with Gasteiger partial charge in [0.2, 0.25) is 5.88 Å². The molecule has 3 saturated heterocycles. The lowest BCUT2D eigenvalue weighted by atomic mass is 9.91. The molecule has 3 aliphatic heterocycles. The number of rotatable bonds is 5. The summed E-state index contributed by atoms with van der Waals surface area (Å²) >= 11 is 0. The van der Waals surface area contributed by atoms with Gasteiger partial charge in [0.15, 0.2) is 0 Å². The van der Waals surface area contributed by atoms with Gasteiger partial charge < -0.3 is 14.2 Å². The molecule has 0 bridgehead atoms. The van der Waals surface area contributed by atoms with Crippen LogP contribution >= 0.6 is 0 Å². The summed E-state index contributed by atoms with van der Waals surface area (Å²) in [6.45, 7) is 5.51. The van der Waals surface area contributed by atoms with Crippen molar-refractivity contribution >= 4 is 0 Å². The number of aromatic nitrogens is 1. The number of hydrogen-bond acceptors (Lipinski definition) is 6. The normalized spacial score (nSPS) is 30.1. The van der Waals surface area contributed by atoms with Crippen molar-refractivity contribution in [1.29, 1.82) is 5.26 Å². The molecule has 0 aromatic carbocycles. The van der Waals surface area contributed by atoms with Gasteiger partial charge in [0.25, 0.3) is 0 Å². The summed E-state index contributed by atoms with van der Waals surface area (Å²) in [5, 5.41) is 8.80. The van der Waals surface area contributed by atoms with Crippen LogP contribution in [0.15, 0.2) is 18.3 Å². The largest absolute Gasteiger partial charge is 0.478 e. The summed E-state index contributed by atoms with van der Waals surface area (Å²) in [6, 6.07) is 6.23. The van der Waals surface area contributed by atoms with E-state index in [0.717, 1.165) is 52.2 Å². The van der Waals surface area contributed by atoms with E-state index in [1.54, 1.807) is 18.3 Å². The number of fused-ring (bicyclic) bond motifs is 1. The maximum Gasteiger partial charge on any atom is 0.213 e. The average Bonchev–Trinajstić information content (AvgIpc) is 3.25. The molecule has 0 aliphatic carbocycles. The molecule has 0 saturated carbocycles. The van der Waals surface area contributed by atoms with Crippen molar-refractivity contribution < 1.29 is 14.2 Å². The highest BCUT2D eigenvalue weighted by molar-refractivity contribution is 5.28. The first-order chi connectivity index (χ1) is 12.3. The Bertz CT molecular complexity index is 609. The molecule has 0 unspecified atom stereocenters. The van der Waals surface area contributed by atoms with Gasteiger partial charge in [-0.25, -0.2) is 4.98 Å². The molecule has 0 amide bonds. The predicted molar refractivity (Wildman–Crippen MR) is 91.2 cm³/mol. The average molecular weight is 343 g/mol. The highest BCUT2D eigenvalue weighted by atomic mass is 16.5. The van der Waals surface area contributed by atoms with Gasteiger partial charge in [-0.15, -0.1) is 0 Å². The third kappa shape index (κ3) is 3.79. The van der Waals surface area contributed by atoms with Crippen LogP contribution in [0.25, 0.3) is 0 Å². The van der Waals surface area contributed by atoms with Gasteiger partial charge in [0.05, 0.1) is 24.9 Å². The van der Waals surface area contributed by atoms with Crippen molar-refractivity contribution in [2.45, 2.75) is 31.4 Å². The van der Waals surface area contributed by atoms with Crippen LogP contribution in [0.2, 0.25) is 0 Å². The molecule has 6 heteroatoms. The number of hydrogen-bond donors (Lipinski definition) is 0. The SMILES string of the molecule is N#Cc1ccc(OCC[C@@H]2CO[C@@H]3CN(C4CCOCC4)C[C@H]23)nc1. The lowest BCUT2D eigenvalue weighted by Crippen LogP contribution is -2.39. The first kappa shape index (κ1) is 16.8. The van der Waals surface area contributed by atoms with Gasteiger partial charge in [-0.2, -0.15) is 5.26 Å². The molecule has 3 atom stereocenters. The maximum absolute atomic E-state index is 8.80. The molecule has 6 nitrogen and oxygen atoms in total. The van der Waals surface area contributed by atoms with Gasteiger partial charge in [-0.05, 0) is 31.2 Å². The van der Waals surface area contributed by atoms with E-state index in [1.165, 1.54) is 0 Å². The fourth-order valence-corrected chi connectivity index (χ4v) is 4.32. The molecule has 1 aromatic heterocycles. The van der Waals surface area contributed by atoms with E-state index in [4.69, 9.17) is 19.5 Å². The monoisotopic (exact) mass is 343 g/mol. The second kappa shape index (κ2) is 7.69. The second-order valence-corrected chi connectivity index (χ2v) is 7.23. The number of ether oxygens (including phenoxy) is 3. The maximum atomic E-state index is 8.80. The van der Waals surface area contributed by atoms with E-state index in [0.29, 0.717) is 42.0 Å². The van der Waals surface area contributed by atoms with Crippen LogP contribution in [0.3, 0.4) is 0 Å². The number of nitriles is 1. The zero-order valence-corrected chi connectivity index (χ0v) is 14.5. The smallest absolute Gasteiger partial charge is 0.213 e. The molecule has 4 rings (SSSR count). The Morgan fingerprint density at radius 2 is 2.16 bits per heavy atom. The molecule has 3 fully saturated rings. The van der Waals surface area contributed by atoms with Crippen LogP contribution in [0.4, 0.5) is 0 Å². The Morgan fingerprint density at radius 3 is 2.92 bits per heavy atom. The second-order valence-electron chi connectivity index (χ2n) is 7.23. The fourth-order valence-electron chi connectivity index (χ4n) is 4.32. The van der Waals surface area contributed by atoms with Gasteiger partial charge in [0, 0.05) is 50.5 Å². The van der Waals surface area contributed by atoms with Crippen molar-refractivity contribution in [3.8, 4) is 11.9 Å². The van der Waals surface area contributed by atoms with E-state index >= 15 is 0 Å². The van der Waals surface area contributed by atoms with Gasteiger partial charge in [0.1, 0.15) is 6.07 Å². The van der Waals surface area contributed by atoms with Gasteiger partial charge in [-0.3, -0.25) is 4.90 Å². The minimum absolute atomic E-state index is 0.390. The quantitative estimate of drug-likeness (QED) is 0.813. The Hall–Kier alpha value is -1.68. The highest BCUT2D eigenvalue weighted by Gasteiger charge is 2.45. The van der Waals surface area contributed by atoms with Crippen molar-refractivity contribution in [2.75, 3.05) is 39.5 Å². The minimum Gasteiger partial charge on any atom is -0.478 e. The first-order valence-electron chi connectivity index (χ1n) is 9.26. The van der Waals surface area contributed by atoms with E-state index in [-0.39, 0.29) is 0 Å². The lowest BCUT2D eigenvalue weighted by molar-refractivity contribution is 0.0279. The third-order valence-electron chi connectivity index (χ3n) is 5.78. The molecule has 4 heterocycles. The molecule has 134 valence electrons. The number of nitrogens with zero attached hydrogens (tertiary/aromatic N) is 3. The summed E-state index contributed by atoms with van der Waals surface area (Å²) in [6.07, 6.45) is 5.23. The zero-order valence-electron chi connectivity index (χ0n) is 14.5. The van der Waals surface area contributed by atoms with Crippen LogP contribution < -0.4 is 4.74 Å². The molecule has 0 spiro atoms. The van der Waals surface area contributed by atoms with Crippen molar-refractivity contribution in [1.82, 2.24) is 9.88 Å². The van der Waals surface area contributed by atoms with Crippen LogP contribution in [-0.2, 0) is 9.47 Å². The van der Waals surface area contributed by atoms with E-state index in [9.17, 15) is 0 Å². The topological polar surface area (TPSA) is 67.6 Å². The van der Waals surface area contributed by atoms with Crippen molar-refractivity contribution in [3.63, 3.8) is 0 Å². The van der Waals surface area contributed by atoms with Crippen molar-refractivity contribution in [3.05, 3.63) is 23.9 Å². The molecular formula is C19H25N3O3. The van der Waals surface area contributed by atoms with Crippen LogP contribution in [-0.4, -0.2) is 61.5 Å². The van der Waals surface area contributed by atoms with Crippen LogP contribution in [0, 0.1) is 23.2 Å². The first-order valence-corrected chi connectivity index (χ1v) is 9.26. The highest BCUT2D eigenvalue weighted by Crippen LogP contribution is 2.37. The molecule has 3 aliphatic rings. The molecular weight excluding hydrogens is 318 g/mol. The third-order valence-corrected chi connectivity index (χ3v) is 5.78. The van der Waals surface area contributed by atoms with Gasteiger partial charge in [-0.1, -0.05) is 0 Å². The summed E-state index contributed by atoms with van der Waals surface area (Å²) in [7, 11) is 0. The minimum atomic E-state index is 0.390. The van der Waals surface area contributed by atoms with E-state index in [1.807, 2.05) is 0 Å². The Balaban J connectivity index is 1.25. The Morgan fingerprint density at radius 1 is 1.28 bits per heavy atom. The Kier molecular flexibility index (Phi) is 5.16. The predicted octanol–water partition coefficient (Wildman–Crippen LogP) is 1.85. The van der Waals surface area contributed by atoms with E-state index < -0.39 is 0 Å². The number of pyridine rings is 1. The molecule has 0 radical (unpaired) electrons. The van der Waals surface area contributed by atoms with E-state index in [2.05, 4.69) is 16.0 Å². The summed E-state index contributed by atoms with van der Waals surface area (Å²) in [5.41, 5.74) is 0.554. The molecule has 1 aromatic rings. The van der Waals surface area contributed by atoms with Crippen molar-refractivity contribution in [2.24, 2.45) is 11.8 Å². The Labute approximate surface area is 148 Å². The summed E-state index contributed by atoms with van der Waals surface area (Å²) < 4.78 is 17.3. The lowest BCUT2D eigenvalue weighted by Gasteiger charge is -2.31. The summed E-state index contributed by atoms with van der Waals surface area (Å²) in [4.78, 5) is 6.78. The number of likely N-dealkylation sites (tertiary alicyclic amines) is 1. The molecule has 0 N–H and O–H groups in total.